The molecule has 0 aliphatic heterocycles. The Morgan fingerprint density at radius 2 is 2.28 bits per heavy atom. The second kappa shape index (κ2) is 4.66. The number of nitrogens with one attached hydrogen (secondary N) is 1. The molecule has 0 spiro atoms. The molecule has 2 aromatic rings. The van der Waals surface area contributed by atoms with Crippen LogP contribution in [0.4, 0.5) is 11.4 Å². The van der Waals surface area contributed by atoms with Crippen LogP contribution >= 0.6 is 0 Å². The number of non-ortho nitro benzene ring substituents is 1. The summed E-state index contributed by atoms with van der Waals surface area (Å²) in [5, 5.41) is 16.6. The molecule has 0 saturated heterocycles. The van der Waals surface area contributed by atoms with Gasteiger partial charge in [0.25, 0.3) is 11.6 Å². The number of rotatable bonds is 3. The zero-order valence-electron chi connectivity index (χ0n) is 9.41. The lowest BCUT2D eigenvalue weighted by molar-refractivity contribution is -0.384. The topological polar surface area (TPSA) is 98.3 Å². The van der Waals surface area contributed by atoms with E-state index in [2.05, 4.69) is 10.5 Å². The molecule has 1 heterocycles. The molecule has 0 radical (unpaired) electrons. The van der Waals surface area contributed by atoms with Crippen molar-refractivity contribution in [2.75, 3.05) is 5.32 Å². The number of amides is 1. The Hall–Kier alpha value is -2.70. The van der Waals surface area contributed by atoms with Crippen molar-refractivity contribution >= 4 is 17.3 Å². The number of nitrogens with zero attached hydrogens (tertiary/aromatic N) is 2. The quantitative estimate of drug-likeness (QED) is 0.661. The molecule has 0 fully saturated rings. The molecule has 0 atom stereocenters. The molecular formula is C11H9N3O4. The van der Waals surface area contributed by atoms with Gasteiger partial charge in [-0.2, -0.15) is 0 Å². The summed E-state index contributed by atoms with van der Waals surface area (Å²) < 4.78 is 4.77. The van der Waals surface area contributed by atoms with E-state index in [-0.39, 0.29) is 5.69 Å². The molecule has 92 valence electrons. The standard InChI is InChI=1S/C11H9N3O4/c1-7-10(6-12-18-7)11(15)13-8-3-2-4-9(5-8)14(16)17/h2-6H,1H3,(H,13,15). The summed E-state index contributed by atoms with van der Waals surface area (Å²) in [6.45, 7) is 1.61. The largest absolute Gasteiger partial charge is 0.361 e. The van der Waals surface area contributed by atoms with Crippen LogP contribution in [0.15, 0.2) is 35.0 Å². The van der Waals surface area contributed by atoms with E-state index >= 15 is 0 Å². The van der Waals surface area contributed by atoms with E-state index in [4.69, 9.17) is 4.52 Å². The molecule has 0 aliphatic carbocycles. The first kappa shape index (κ1) is 11.8. The molecule has 7 heteroatoms. The summed E-state index contributed by atoms with van der Waals surface area (Å²) in [6.07, 6.45) is 1.29. The van der Waals surface area contributed by atoms with E-state index in [1.165, 1.54) is 24.4 Å². The second-order valence-corrected chi connectivity index (χ2v) is 3.56. The van der Waals surface area contributed by atoms with E-state index in [0.717, 1.165) is 0 Å². The average molecular weight is 247 g/mol. The van der Waals surface area contributed by atoms with E-state index in [0.29, 0.717) is 17.0 Å². The normalized spacial score (nSPS) is 10.1. The van der Waals surface area contributed by atoms with Crippen molar-refractivity contribution in [1.82, 2.24) is 5.16 Å². The van der Waals surface area contributed by atoms with Crippen molar-refractivity contribution < 1.29 is 14.2 Å². The number of nitro groups is 1. The number of carbonyl (C=O) groups excluding carboxylic acids is 1. The van der Waals surface area contributed by atoms with Crippen LogP contribution in [0.3, 0.4) is 0 Å². The van der Waals surface area contributed by atoms with E-state index in [1.807, 2.05) is 0 Å². The summed E-state index contributed by atoms with van der Waals surface area (Å²) >= 11 is 0. The van der Waals surface area contributed by atoms with Crippen LogP contribution in [0, 0.1) is 17.0 Å². The second-order valence-electron chi connectivity index (χ2n) is 3.56. The number of carbonyl (C=O) groups is 1. The molecule has 2 rings (SSSR count). The fraction of sp³-hybridized carbons (Fsp3) is 0.0909. The zero-order valence-corrected chi connectivity index (χ0v) is 9.41. The summed E-state index contributed by atoms with van der Waals surface area (Å²) in [4.78, 5) is 21.9. The summed E-state index contributed by atoms with van der Waals surface area (Å²) in [5.41, 5.74) is 0.547. The molecule has 18 heavy (non-hydrogen) atoms. The van der Waals surface area contributed by atoms with Gasteiger partial charge in [0.15, 0.2) is 0 Å². The lowest BCUT2D eigenvalue weighted by Gasteiger charge is -2.03. The van der Waals surface area contributed by atoms with E-state index < -0.39 is 10.8 Å². The monoisotopic (exact) mass is 247 g/mol. The fourth-order valence-electron chi connectivity index (χ4n) is 1.41. The maximum atomic E-state index is 11.8. The molecule has 0 saturated carbocycles. The van der Waals surface area contributed by atoms with Crippen molar-refractivity contribution in [3.8, 4) is 0 Å². The summed E-state index contributed by atoms with van der Waals surface area (Å²) in [5.74, 6) is -0.0350. The van der Waals surface area contributed by atoms with Crippen LogP contribution in [0.2, 0.25) is 0 Å². The van der Waals surface area contributed by atoms with Gasteiger partial charge in [-0.3, -0.25) is 14.9 Å². The van der Waals surface area contributed by atoms with Crippen molar-refractivity contribution in [1.29, 1.82) is 0 Å². The predicted octanol–water partition coefficient (Wildman–Crippen LogP) is 2.14. The molecule has 7 nitrogen and oxygen atoms in total. The van der Waals surface area contributed by atoms with Crippen molar-refractivity contribution in [2.45, 2.75) is 6.92 Å². The molecule has 1 aromatic carbocycles. The highest BCUT2D eigenvalue weighted by Crippen LogP contribution is 2.18. The maximum absolute atomic E-state index is 11.8. The zero-order chi connectivity index (χ0) is 13.1. The molecule has 0 bridgehead atoms. The van der Waals surface area contributed by atoms with Crippen LogP contribution in [-0.4, -0.2) is 16.0 Å². The van der Waals surface area contributed by atoms with Crippen molar-refractivity contribution in [2.24, 2.45) is 0 Å². The Balaban J connectivity index is 2.20. The summed E-state index contributed by atoms with van der Waals surface area (Å²) in [6, 6.07) is 5.68. The van der Waals surface area contributed by atoms with Gasteiger partial charge in [0, 0.05) is 17.8 Å². The minimum absolute atomic E-state index is 0.0881. The number of anilines is 1. The van der Waals surface area contributed by atoms with Gasteiger partial charge in [-0.15, -0.1) is 0 Å². The van der Waals surface area contributed by atoms with Gasteiger partial charge in [0.1, 0.15) is 11.3 Å². The third kappa shape index (κ3) is 2.34. The Kier molecular flexibility index (Phi) is 3.05. The number of benzene rings is 1. The molecule has 0 unspecified atom stereocenters. The summed E-state index contributed by atoms with van der Waals surface area (Å²) in [7, 11) is 0. The van der Waals surface area contributed by atoms with Crippen LogP contribution < -0.4 is 5.32 Å². The highest BCUT2D eigenvalue weighted by molar-refractivity contribution is 6.04. The number of hydrogen-bond donors (Lipinski definition) is 1. The first-order chi connectivity index (χ1) is 8.58. The van der Waals surface area contributed by atoms with Crippen molar-refractivity contribution in [3.63, 3.8) is 0 Å². The third-order valence-corrected chi connectivity index (χ3v) is 2.31. The van der Waals surface area contributed by atoms with Gasteiger partial charge < -0.3 is 9.84 Å². The lowest BCUT2D eigenvalue weighted by Crippen LogP contribution is -2.12. The van der Waals surface area contributed by atoms with Gasteiger partial charge >= 0.3 is 0 Å². The average Bonchev–Trinajstić information content (AvgIpc) is 2.76. The number of aryl methyl sites for hydroxylation is 1. The van der Waals surface area contributed by atoms with Crippen LogP contribution in [0.5, 0.6) is 0 Å². The maximum Gasteiger partial charge on any atom is 0.271 e. The van der Waals surface area contributed by atoms with Crippen LogP contribution in [0.1, 0.15) is 16.1 Å². The minimum Gasteiger partial charge on any atom is -0.361 e. The first-order valence-electron chi connectivity index (χ1n) is 5.05. The fourth-order valence-corrected chi connectivity index (χ4v) is 1.41. The Bertz CT molecular complexity index is 606. The Morgan fingerprint density at radius 1 is 1.50 bits per heavy atom. The van der Waals surface area contributed by atoms with Crippen molar-refractivity contribution in [3.05, 3.63) is 51.9 Å². The highest BCUT2D eigenvalue weighted by atomic mass is 16.6. The molecular weight excluding hydrogens is 238 g/mol. The number of nitro benzene ring substituents is 1. The van der Waals surface area contributed by atoms with Crippen LogP contribution in [-0.2, 0) is 0 Å². The Morgan fingerprint density at radius 3 is 2.89 bits per heavy atom. The number of hydrogen-bond acceptors (Lipinski definition) is 5. The third-order valence-electron chi connectivity index (χ3n) is 2.31. The first-order valence-corrected chi connectivity index (χ1v) is 5.05. The van der Waals surface area contributed by atoms with Gasteiger partial charge in [0.05, 0.1) is 11.1 Å². The minimum atomic E-state index is -0.527. The predicted molar refractivity (Wildman–Crippen MR) is 62.3 cm³/mol. The van der Waals surface area contributed by atoms with Gasteiger partial charge in [-0.05, 0) is 13.0 Å². The van der Waals surface area contributed by atoms with Gasteiger partial charge in [0.2, 0.25) is 0 Å². The number of aromatic nitrogens is 1. The Labute approximate surface area is 102 Å². The van der Waals surface area contributed by atoms with Crippen LogP contribution in [0.25, 0.3) is 0 Å². The molecule has 1 N–H and O–H groups in total. The molecule has 0 aliphatic rings. The molecule has 1 aromatic heterocycles. The van der Waals surface area contributed by atoms with E-state index in [9.17, 15) is 14.9 Å². The molecule has 1 amide bonds. The van der Waals surface area contributed by atoms with Gasteiger partial charge in [-0.1, -0.05) is 11.2 Å². The van der Waals surface area contributed by atoms with E-state index in [1.54, 1.807) is 13.0 Å². The lowest BCUT2D eigenvalue weighted by atomic mass is 10.2. The SMILES string of the molecule is Cc1oncc1C(=O)Nc1cccc([N+](=O)[O-])c1. The smallest absolute Gasteiger partial charge is 0.271 e. The highest BCUT2D eigenvalue weighted by Gasteiger charge is 2.14. The van der Waals surface area contributed by atoms with Gasteiger partial charge in [-0.25, -0.2) is 0 Å².